The topological polar surface area (TPSA) is 77.9 Å². The van der Waals surface area contributed by atoms with Gasteiger partial charge >= 0.3 is 5.97 Å². The molecule has 1 N–H and O–H groups in total. The number of carbonyl (C=O) groups is 1. The third kappa shape index (κ3) is 4.17. The van der Waals surface area contributed by atoms with Crippen molar-refractivity contribution in [2.45, 2.75) is 49.9 Å². The summed E-state index contributed by atoms with van der Waals surface area (Å²) in [5, 5.41) is 8.85. The van der Waals surface area contributed by atoms with Crippen LogP contribution in [0.25, 0.3) is 0 Å². The second kappa shape index (κ2) is 6.62. The molecule has 0 spiro atoms. The van der Waals surface area contributed by atoms with E-state index in [0.717, 1.165) is 51.9 Å². The molecule has 0 bridgehead atoms. The average Bonchev–Trinajstić information content (AvgIpc) is 2.46. The SMILES string of the molecule is CC(C(=O)O)N1CCN(C2CCCC(S(C)(=O)=O)C2)CC1. The van der Waals surface area contributed by atoms with Crippen molar-refractivity contribution in [3.8, 4) is 0 Å². The lowest BCUT2D eigenvalue weighted by Gasteiger charge is -2.43. The lowest BCUT2D eigenvalue weighted by Crippen LogP contribution is -2.55. The van der Waals surface area contributed by atoms with Crippen LogP contribution in [0.3, 0.4) is 0 Å². The molecule has 7 heteroatoms. The molecule has 1 heterocycles. The average molecular weight is 318 g/mol. The molecule has 1 saturated heterocycles. The van der Waals surface area contributed by atoms with E-state index < -0.39 is 21.8 Å². The van der Waals surface area contributed by atoms with Gasteiger partial charge in [-0.1, -0.05) is 6.42 Å². The predicted molar refractivity (Wildman–Crippen MR) is 81.1 cm³/mol. The summed E-state index contributed by atoms with van der Waals surface area (Å²) in [6, 6.07) is -0.108. The number of rotatable bonds is 4. The first-order valence-electron chi connectivity index (χ1n) is 7.69. The van der Waals surface area contributed by atoms with Gasteiger partial charge in [0.15, 0.2) is 0 Å². The Kier molecular flexibility index (Phi) is 5.27. The van der Waals surface area contributed by atoms with Crippen molar-refractivity contribution in [1.82, 2.24) is 9.80 Å². The summed E-state index contributed by atoms with van der Waals surface area (Å²) in [7, 11) is -2.95. The Hall–Kier alpha value is -0.660. The minimum absolute atomic E-state index is 0.202. The van der Waals surface area contributed by atoms with E-state index in [-0.39, 0.29) is 5.25 Å². The fourth-order valence-corrected chi connectivity index (χ4v) is 4.65. The molecular formula is C14H26N2O4S. The quantitative estimate of drug-likeness (QED) is 0.810. The van der Waals surface area contributed by atoms with Crippen LogP contribution in [-0.4, -0.2) is 79.1 Å². The fraction of sp³-hybridized carbons (Fsp3) is 0.929. The second-order valence-electron chi connectivity index (χ2n) is 6.36. The molecule has 1 aliphatic carbocycles. The summed E-state index contributed by atoms with van der Waals surface area (Å²) in [5.41, 5.74) is 0. The van der Waals surface area contributed by atoms with Crippen molar-refractivity contribution in [3.05, 3.63) is 0 Å². The number of sulfone groups is 1. The van der Waals surface area contributed by atoms with Crippen LogP contribution in [0.2, 0.25) is 0 Å². The molecule has 0 amide bonds. The number of hydrogen-bond donors (Lipinski definition) is 1. The van der Waals surface area contributed by atoms with Crippen molar-refractivity contribution >= 4 is 15.8 Å². The molecule has 2 rings (SSSR count). The van der Waals surface area contributed by atoms with Crippen LogP contribution in [0.15, 0.2) is 0 Å². The van der Waals surface area contributed by atoms with Crippen LogP contribution in [0, 0.1) is 0 Å². The lowest BCUT2D eigenvalue weighted by atomic mass is 9.93. The molecular weight excluding hydrogens is 292 g/mol. The van der Waals surface area contributed by atoms with Crippen molar-refractivity contribution in [1.29, 1.82) is 0 Å². The van der Waals surface area contributed by atoms with E-state index in [4.69, 9.17) is 5.11 Å². The Morgan fingerprint density at radius 3 is 2.33 bits per heavy atom. The molecule has 6 nitrogen and oxygen atoms in total. The van der Waals surface area contributed by atoms with Gasteiger partial charge in [0.25, 0.3) is 0 Å². The summed E-state index contributed by atoms with van der Waals surface area (Å²) < 4.78 is 23.5. The van der Waals surface area contributed by atoms with E-state index in [9.17, 15) is 13.2 Å². The molecule has 0 radical (unpaired) electrons. The van der Waals surface area contributed by atoms with Crippen molar-refractivity contribution in [2.75, 3.05) is 32.4 Å². The van der Waals surface area contributed by atoms with Crippen LogP contribution < -0.4 is 0 Å². The van der Waals surface area contributed by atoms with Gasteiger partial charge in [-0.05, 0) is 26.2 Å². The molecule has 21 heavy (non-hydrogen) atoms. The van der Waals surface area contributed by atoms with E-state index >= 15 is 0 Å². The first-order valence-corrected chi connectivity index (χ1v) is 9.64. The Labute approximate surface area is 127 Å². The first kappa shape index (κ1) is 16.7. The van der Waals surface area contributed by atoms with Gasteiger partial charge in [0.1, 0.15) is 15.9 Å². The van der Waals surface area contributed by atoms with Crippen molar-refractivity contribution in [3.63, 3.8) is 0 Å². The zero-order chi connectivity index (χ0) is 15.6. The minimum Gasteiger partial charge on any atom is -0.480 e. The lowest BCUT2D eigenvalue weighted by molar-refractivity contribution is -0.143. The summed E-state index contributed by atoms with van der Waals surface area (Å²) in [4.78, 5) is 15.3. The van der Waals surface area contributed by atoms with Crippen LogP contribution in [0.5, 0.6) is 0 Å². The largest absolute Gasteiger partial charge is 0.480 e. The van der Waals surface area contributed by atoms with E-state index in [1.807, 2.05) is 4.90 Å². The first-order chi connectivity index (χ1) is 9.79. The maximum absolute atomic E-state index is 11.7. The summed E-state index contributed by atoms with van der Waals surface area (Å²) in [6.07, 6.45) is 4.87. The summed E-state index contributed by atoms with van der Waals surface area (Å²) >= 11 is 0. The summed E-state index contributed by atoms with van der Waals surface area (Å²) in [6.45, 7) is 4.87. The highest BCUT2D eigenvalue weighted by atomic mass is 32.2. The van der Waals surface area contributed by atoms with E-state index in [0.29, 0.717) is 6.04 Å². The highest BCUT2D eigenvalue weighted by Crippen LogP contribution is 2.28. The molecule has 2 fully saturated rings. The van der Waals surface area contributed by atoms with Gasteiger partial charge in [-0.15, -0.1) is 0 Å². The molecule has 3 atom stereocenters. The fourth-order valence-electron chi connectivity index (χ4n) is 3.49. The highest BCUT2D eigenvalue weighted by molar-refractivity contribution is 7.91. The number of carboxylic acids is 1. The number of carboxylic acid groups (broad SMARTS) is 1. The van der Waals surface area contributed by atoms with Crippen LogP contribution >= 0.6 is 0 Å². The third-order valence-corrected chi connectivity index (χ3v) is 6.61. The van der Waals surface area contributed by atoms with E-state index in [2.05, 4.69) is 4.90 Å². The maximum atomic E-state index is 11.7. The number of hydrogen-bond acceptors (Lipinski definition) is 5. The molecule has 1 aliphatic heterocycles. The zero-order valence-corrected chi connectivity index (χ0v) is 13.7. The van der Waals surface area contributed by atoms with Gasteiger partial charge in [-0.3, -0.25) is 14.6 Å². The summed E-state index contributed by atoms with van der Waals surface area (Å²) in [5.74, 6) is -0.779. The van der Waals surface area contributed by atoms with Gasteiger partial charge in [0.2, 0.25) is 0 Å². The molecule has 2 aliphatic rings. The molecule has 3 unspecified atom stereocenters. The zero-order valence-electron chi connectivity index (χ0n) is 12.9. The minimum atomic E-state index is -2.95. The van der Waals surface area contributed by atoms with Gasteiger partial charge in [0.05, 0.1) is 5.25 Å². The predicted octanol–water partition coefficient (Wildman–Crippen LogP) is 0.433. The van der Waals surface area contributed by atoms with Crippen LogP contribution in [0.1, 0.15) is 32.6 Å². The maximum Gasteiger partial charge on any atom is 0.320 e. The van der Waals surface area contributed by atoms with Gasteiger partial charge in [-0.2, -0.15) is 0 Å². The Balaban J connectivity index is 1.89. The number of aliphatic carboxylic acids is 1. The third-order valence-electron chi connectivity index (χ3n) is 4.97. The number of nitrogens with zero attached hydrogens (tertiary/aromatic N) is 2. The Morgan fingerprint density at radius 2 is 1.81 bits per heavy atom. The normalized spacial score (nSPS) is 31.0. The van der Waals surface area contributed by atoms with Gasteiger partial charge < -0.3 is 5.11 Å². The molecule has 0 aromatic rings. The highest BCUT2D eigenvalue weighted by Gasteiger charge is 2.34. The van der Waals surface area contributed by atoms with Crippen LogP contribution in [0.4, 0.5) is 0 Å². The molecule has 0 aromatic heterocycles. The van der Waals surface area contributed by atoms with Crippen LogP contribution in [-0.2, 0) is 14.6 Å². The number of piperazine rings is 1. The van der Waals surface area contributed by atoms with Gasteiger partial charge in [0, 0.05) is 38.5 Å². The Bertz CT molecular complexity index is 471. The van der Waals surface area contributed by atoms with Crippen molar-refractivity contribution < 1.29 is 18.3 Å². The van der Waals surface area contributed by atoms with Crippen molar-refractivity contribution in [2.24, 2.45) is 0 Å². The van der Waals surface area contributed by atoms with Gasteiger partial charge in [-0.25, -0.2) is 8.42 Å². The molecule has 0 aromatic carbocycles. The second-order valence-corrected chi connectivity index (χ2v) is 8.68. The van der Waals surface area contributed by atoms with E-state index in [1.54, 1.807) is 6.92 Å². The Morgan fingerprint density at radius 1 is 1.19 bits per heavy atom. The molecule has 122 valence electrons. The standard InChI is InChI=1S/C14H26N2O4S/c1-11(14(17)18)15-6-8-16(9-7-15)12-4-3-5-13(10-12)21(2,19)20/h11-13H,3-10H2,1-2H3,(H,17,18). The van der Waals surface area contributed by atoms with E-state index in [1.165, 1.54) is 6.26 Å². The monoisotopic (exact) mass is 318 g/mol. The molecule has 1 saturated carbocycles. The smallest absolute Gasteiger partial charge is 0.320 e.